The molecular formula is C36H44N6O3S. The van der Waals surface area contributed by atoms with E-state index in [9.17, 15) is 8.42 Å². The van der Waals surface area contributed by atoms with Crippen LogP contribution in [0.5, 0.6) is 5.88 Å². The van der Waals surface area contributed by atoms with E-state index in [0.29, 0.717) is 36.6 Å². The van der Waals surface area contributed by atoms with Crippen LogP contribution in [-0.4, -0.2) is 48.1 Å². The van der Waals surface area contributed by atoms with E-state index in [2.05, 4.69) is 40.5 Å². The molecule has 3 heterocycles. The van der Waals surface area contributed by atoms with E-state index in [-0.39, 0.29) is 22.7 Å². The van der Waals surface area contributed by atoms with Gasteiger partial charge in [-0.25, -0.2) is 23.1 Å². The van der Waals surface area contributed by atoms with Crippen molar-refractivity contribution in [1.82, 2.24) is 19.9 Å². The highest BCUT2D eigenvalue weighted by atomic mass is 32.2. The van der Waals surface area contributed by atoms with Crippen molar-refractivity contribution < 1.29 is 13.2 Å². The molecule has 6 rings (SSSR count). The zero-order valence-electron chi connectivity index (χ0n) is 27.6. The Bertz CT molecular complexity index is 1820. The van der Waals surface area contributed by atoms with E-state index in [4.69, 9.17) is 14.7 Å². The van der Waals surface area contributed by atoms with Crippen LogP contribution in [0, 0.1) is 32.6 Å². The molecule has 1 unspecified atom stereocenters. The number of sulfonamides is 1. The molecule has 0 amide bonds. The Balaban J connectivity index is 1.45. The maximum atomic E-state index is 13.8. The van der Waals surface area contributed by atoms with Gasteiger partial charge in [0.2, 0.25) is 11.8 Å². The van der Waals surface area contributed by atoms with Gasteiger partial charge in [-0.2, -0.15) is 4.98 Å². The molecule has 4 bridgehead atoms. The maximum absolute atomic E-state index is 13.8. The largest absolute Gasteiger partial charge is 0.477 e. The van der Waals surface area contributed by atoms with Gasteiger partial charge in [0.25, 0.3) is 10.0 Å². The normalized spacial score (nSPS) is 19.3. The van der Waals surface area contributed by atoms with Gasteiger partial charge in [-0.15, -0.1) is 0 Å². The lowest BCUT2D eigenvalue weighted by molar-refractivity contribution is 0.192. The van der Waals surface area contributed by atoms with Gasteiger partial charge in [0.1, 0.15) is 5.82 Å². The van der Waals surface area contributed by atoms with Crippen LogP contribution in [0.3, 0.4) is 0 Å². The predicted molar refractivity (Wildman–Crippen MR) is 182 cm³/mol. The zero-order chi connectivity index (χ0) is 32.6. The summed E-state index contributed by atoms with van der Waals surface area (Å²) in [7, 11) is -1.91. The van der Waals surface area contributed by atoms with E-state index in [0.717, 1.165) is 45.7 Å². The van der Waals surface area contributed by atoms with Gasteiger partial charge >= 0.3 is 0 Å². The number of rotatable bonds is 7. The van der Waals surface area contributed by atoms with Crippen LogP contribution in [-0.2, 0) is 16.4 Å². The van der Waals surface area contributed by atoms with E-state index in [1.54, 1.807) is 12.1 Å². The van der Waals surface area contributed by atoms with E-state index < -0.39 is 10.0 Å². The highest BCUT2D eigenvalue weighted by Crippen LogP contribution is 2.38. The first kappa shape index (κ1) is 31.9. The molecule has 1 saturated carbocycles. The Morgan fingerprint density at radius 2 is 1.74 bits per heavy atom. The SMILES string of the molecule is Cc1cccc(C)c1-c1nc2nc(c1C)OC[C@@H](CC(C)C)C(Cc1cncc(N(C)C3CCC3)n1)c1cccc(c1)S(=O)(=O)N2. The average molecular weight is 641 g/mol. The second-order valence-electron chi connectivity index (χ2n) is 13.3. The van der Waals surface area contributed by atoms with Crippen LogP contribution in [0.25, 0.3) is 11.3 Å². The number of fused-ring (bicyclic) bond motifs is 4. The summed E-state index contributed by atoms with van der Waals surface area (Å²) in [6.45, 7) is 10.8. The van der Waals surface area contributed by atoms with Gasteiger partial charge in [0.15, 0.2) is 0 Å². The second kappa shape index (κ2) is 13.0. The fourth-order valence-corrected chi connectivity index (χ4v) is 7.75. The van der Waals surface area contributed by atoms with Crippen molar-refractivity contribution >= 4 is 21.8 Å². The van der Waals surface area contributed by atoms with Crippen molar-refractivity contribution in [2.75, 3.05) is 23.3 Å². The summed E-state index contributed by atoms with van der Waals surface area (Å²) in [5.41, 5.74) is 6.26. The quantitative estimate of drug-likeness (QED) is 0.229. The van der Waals surface area contributed by atoms with Gasteiger partial charge in [-0.05, 0) is 93.5 Å². The van der Waals surface area contributed by atoms with Crippen molar-refractivity contribution in [2.24, 2.45) is 11.8 Å². The Hall–Kier alpha value is -4.05. The number of nitrogens with one attached hydrogen (secondary N) is 1. The summed E-state index contributed by atoms with van der Waals surface area (Å²) < 4.78 is 36.9. The lowest BCUT2D eigenvalue weighted by Crippen LogP contribution is -2.37. The molecule has 2 atom stereocenters. The summed E-state index contributed by atoms with van der Waals surface area (Å²) >= 11 is 0. The topological polar surface area (TPSA) is 110 Å². The molecule has 2 aromatic heterocycles. The van der Waals surface area contributed by atoms with Crippen LogP contribution in [0.15, 0.2) is 59.8 Å². The number of anilines is 2. The fourth-order valence-electron chi connectivity index (χ4n) is 6.75. The van der Waals surface area contributed by atoms with E-state index in [1.165, 1.54) is 19.3 Å². The summed E-state index contributed by atoms with van der Waals surface area (Å²) in [4.78, 5) is 21.4. The highest BCUT2D eigenvalue weighted by molar-refractivity contribution is 7.92. The van der Waals surface area contributed by atoms with Crippen molar-refractivity contribution in [3.8, 4) is 17.1 Å². The number of ether oxygens (including phenoxy) is 1. The molecule has 4 aromatic rings. The van der Waals surface area contributed by atoms with Gasteiger partial charge in [0, 0.05) is 36.3 Å². The van der Waals surface area contributed by atoms with Crippen molar-refractivity contribution in [3.05, 3.63) is 82.8 Å². The molecule has 1 N–H and O–H groups in total. The molecule has 1 aliphatic carbocycles. The van der Waals surface area contributed by atoms with Crippen LogP contribution in [0.2, 0.25) is 0 Å². The molecule has 1 aliphatic heterocycles. The number of aromatic nitrogens is 4. The van der Waals surface area contributed by atoms with Crippen molar-refractivity contribution in [3.63, 3.8) is 0 Å². The van der Waals surface area contributed by atoms with Crippen LogP contribution in [0.4, 0.5) is 11.8 Å². The number of hydrogen-bond donors (Lipinski definition) is 1. The van der Waals surface area contributed by atoms with Crippen LogP contribution < -0.4 is 14.4 Å². The van der Waals surface area contributed by atoms with E-state index >= 15 is 0 Å². The molecule has 2 aliphatic rings. The summed E-state index contributed by atoms with van der Waals surface area (Å²) in [6, 6.07) is 13.8. The summed E-state index contributed by atoms with van der Waals surface area (Å²) in [5, 5.41) is 0. The third kappa shape index (κ3) is 6.58. The maximum Gasteiger partial charge on any atom is 0.264 e. The van der Waals surface area contributed by atoms with Gasteiger partial charge in [0.05, 0.1) is 29.1 Å². The van der Waals surface area contributed by atoms with E-state index in [1.807, 2.05) is 63.5 Å². The molecular weight excluding hydrogens is 597 g/mol. The Morgan fingerprint density at radius 1 is 1.00 bits per heavy atom. The third-order valence-electron chi connectivity index (χ3n) is 9.50. The fraction of sp³-hybridized carbons (Fsp3) is 0.444. The van der Waals surface area contributed by atoms with Gasteiger partial charge in [-0.3, -0.25) is 4.98 Å². The zero-order valence-corrected chi connectivity index (χ0v) is 28.4. The first-order valence-electron chi connectivity index (χ1n) is 16.2. The number of hydrogen-bond acceptors (Lipinski definition) is 8. The number of aryl methyl sites for hydroxylation is 2. The molecule has 1 fully saturated rings. The molecule has 0 saturated heterocycles. The average Bonchev–Trinajstić information content (AvgIpc) is 2.98. The van der Waals surface area contributed by atoms with Gasteiger partial charge < -0.3 is 9.64 Å². The van der Waals surface area contributed by atoms with Gasteiger partial charge in [-0.1, -0.05) is 44.2 Å². The third-order valence-corrected chi connectivity index (χ3v) is 10.8. The smallest absolute Gasteiger partial charge is 0.264 e. The minimum absolute atomic E-state index is 0.0103. The second-order valence-corrected chi connectivity index (χ2v) is 15.0. The Kier molecular flexibility index (Phi) is 9.01. The minimum Gasteiger partial charge on any atom is -0.477 e. The van der Waals surface area contributed by atoms with Crippen molar-refractivity contribution in [2.45, 2.75) is 83.6 Å². The monoisotopic (exact) mass is 640 g/mol. The molecule has 46 heavy (non-hydrogen) atoms. The lowest BCUT2D eigenvalue weighted by Gasteiger charge is -2.35. The number of benzene rings is 2. The highest BCUT2D eigenvalue weighted by Gasteiger charge is 2.30. The molecule has 10 heteroatoms. The molecule has 242 valence electrons. The summed E-state index contributed by atoms with van der Waals surface area (Å²) in [6.07, 6.45) is 8.72. The Labute approximate surface area is 272 Å². The lowest BCUT2D eigenvalue weighted by atomic mass is 9.79. The van der Waals surface area contributed by atoms with Crippen LogP contribution in [0.1, 0.15) is 73.4 Å². The minimum atomic E-state index is -4.00. The molecule has 0 radical (unpaired) electrons. The predicted octanol–water partition coefficient (Wildman–Crippen LogP) is 7.03. The van der Waals surface area contributed by atoms with Crippen LogP contribution >= 0.6 is 0 Å². The Morgan fingerprint density at radius 3 is 2.43 bits per heavy atom. The molecule has 0 spiro atoms. The number of nitrogens with zero attached hydrogens (tertiary/aromatic N) is 5. The standard InChI is InChI=1S/C36H44N6O3S/c1-22(2)16-27-21-45-35-25(5)34(33-23(3)10-7-11-24(33)4)39-36(40-35)41-46(43,44)30-15-8-12-26(17-30)31(27)18-28-19-37-20-32(38-28)42(6)29-13-9-14-29/h7-8,10-12,15,17,19-20,22,27,29,31H,9,13-14,16,18,21H2,1-6H3,(H,39,40,41)/t27-,31?/m1/s1. The molecule has 2 aromatic carbocycles. The molecule has 9 nitrogen and oxygen atoms in total. The first-order valence-corrected chi connectivity index (χ1v) is 17.7. The summed E-state index contributed by atoms with van der Waals surface area (Å²) in [5.74, 6) is 1.59. The van der Waals surface area contributed by atoms with Crippen molar-refractivity contribution in [1.29, 1.82) is 0 Å². The first-order chi connectivity index (χ1) is 22.0.